The maximum absolute atomic E-state index is 11.7. The Labute approximate surface area is 163 Å². The first-order chi connectivity index (χ1) is 13.6. The molecule has 1 fully saturated rings. The van der Waals surface area contributed by atoms with Gasteiger partial charge in [-0.15, -0.1) is 0 Å². The molecule has 1 aliphatic heterocycles. The van der Waals surface area contributed by atoms with E-state index in [2.05, 4.69) is 30.3 Å². The fourth-order valence-corrected chi connectivity index (χ4v) is 4.57. The molecule has 5 rings (SSSR count). The van der Waals surface area contributed by atoms with E-state index >= 15 is 0 Å². The van der Waals surface area contributed by atoms with E-state index in [4.69, 9.17) is 4.74 Å². The van der Waals surface area contributed by atoms with Gasteiger partial charge in [0.1, 0.15) is 0 Å². The molecular formula is C24H19NO3. The summed E-state index contributed by atoms with van der Waals surface area (Å²) in [6, 6.07) is 23.8. The maximum atomic E-state index is 11.7. The summed E-state index contributed by atoms with van der Waals surface area (Å²) < 4.78 is 6.50. The summed E-state index contributed by atoms with van der Waals surface area (Å²) in [6.45, 7) is 1.90. The Morgan fingerprint density at radius 3 is 2.43 bits per heavy atom. The van der Waals surface area contributed by atoms with E-state index in [1.165, 1.54) is 0 Å². The van der Waals surface area contributed by atoms with Gasteiger partial charge in [-0.05, 0) is 30.0 Å². The van der Waals surface area contributed by atoms with Crippen molar-refractivity contribution in [2.45, 2.75) is 24.9 Å². The molecule has 4 heteroatoms. The zero-order chi connectivity index (χ0) is 19.3. The van der Waals surface area contributed by atoms with Gasteiger partial charge in [0.15, 0.2) is 5.60 Å². The molecule has 0 amide bonds. The number of hydrogen-bond donors (Lipinski definition) is 0. The molecule has 0 radical (unpaired) electrons. The van der Waals surface area contributed by atoms with Gasteiger partial charge in [0.25, 0.3) is 0 Å². The Kier molecular flexibility index (Phi) is 3.63. The minimum absolute atomic E-state index is 0.0544. The number of fused-ring (bicyclic) bond motifs is 3. The highest BCUT2D eigenvalue weighted by Gasteiger charge is 2.61. The molecule has 0 N–H and O–H groups in total. The number of nitro groups is 1. The fourth-order valence-electron chi connectivity index (χ4n) is 4.57. The number of benzene rings is 3. The summed E-state index contributed by atoms with van der Waals surface area (Å²) in [5, 5.41) is 11.7. The Bertz CT molecular complexity index is 1110. The van der Waals surface area contributed by atoms with Gasteiger partial charge < -0.3 is 4.74 Å². The first-order valence-electron chi connectivity index (χ1n) is 9.39. The Balaban J connectivity index is 1.70. The van der Waals surface area contributed by atoms with Crippen LogP contribution in [-0.2, 0) is 5.60 Å². The van der Waals surface area contributed by atoms with Crippen molar-refractivity contribution in [2.75, 3.05) is 0 Å². The van der Waals surface area contributed by atoms with Gasteiger partial charge >= 0.3 is 5.69 Å². The second kappa shape index (κ2) is 6.06. The van der Waals surface area contributed by atoms with E-state index in [0.717, 1.165) is 34.2 Å². The van der Waals surface area contributed by atoms with Gasteiger partial charge in [-0.25, -0.2) is 0 Å². The molecule has 0 unspecified atom stereocenters. The lowest BCUT2D eigenvalue weighted by atomic mass is 9.60. The minimum Gasteiger partial charge on any atom is -0.470 e. The first-order valence-corrected chi connectivity index (χ1v) is 9.39. The molecule has 3 aromatic rings. The number of ether oxygens (including phenoxy) is 1. The van der Waals surface area contributed by atoms with Crippen LogP contribution >= 0.6 is 0 Å². The highest BCUT2D eigenvalue weighted by Crippen LogP contribution is 2.66. The molecule has 0 aromatic heterocycles. The zero-order valence-corrected chi connectivity index (χ0v) is 15.5. The molecule has 138 valence electrons. The predicted octanol–water partition coefficient (Wildman–Crippen LogP) is 5.76. The van der Waals surface area contributed by atoms with Crippen molar-refractivity contribution in [1.82, 2.24) is 0 Å². The molecule has 0 bridgehead atoms. The first kappa shape index (κ1) is 16.8. The normalized spacial score (nSPS) is 23.5. The van der Waals surface area contributed by atoms with Crippen LogP contribution in [0.25, 0.3) is 6.08 Å². The van der Waals surface area contributed by atoms with Crippen LogP contribution in [0.4, 0.5) is 5.69 Å². The Hall–Kier alpha value is -3.40. The molecule has 2 aliphatic rings. The molecule has 0 saturated heterocycles. The Morgan fingerprint density at radius 1 is 1.07 bits per heavy atom. The smallest absolute Gasteiger partial charge is 0.311 e. The van der Waals surface area contributed by atoms with Crippen LogP contribution in [0.1, 0.15) is 34.6 Å². The topological polar surface area (TPSA) is 52.4 Å². The highest BCUT2D eigenvalue weighted by atomic mass is 16.6. The average Bonchev–Trinajstić information content (AvgIpc) is 2.96. The second-order valence-electron chi connectivity index (χ2n) is 7.50. The number of nitro benzene ring substituents is 1. The van der Waals surface area contributed by atoms with Gasteiger partial charge in [-0.3, -0.25) is 10.1 Å². The van der Waals surface area contributed by atoms with E-state index in [1.807, 2.05) is 49.4 Å². The third-order valence-corrected chi connectivity index (χ3v) is 5.81. The minimum atomic E-state index is -0.669. The molecule has 1 aliphatic carbocycles. The molecule has 4 nitrogen and oxygen atoms in total. The molecule has 3 aromatic carbocycles. The monoisotopic (exact) mass is 369 g/mol. The van der Waals surface area contributed by atoms with Gasteiger partial charge in [0, 0.05) is 23.1 Å². The van der Waals surface area contributed by atoms with E-state index in [1.54, 1.807) is 6.07 Å². The fraction of sp³-hybridized carbons (Fsp3) is 0.167. The SMILES string of the molecule is Cc1cc2c(c([N+](=O)[O-])c1)O[C@]1(c3ccccc3)C(=Cc3ccccc3)C[C@H]21. The average molecular weight is 369 g/mol. The lowest BCUT2D eigenvalue weighted by molar-refractivity contribution is -0.386. The van der Waals surface area contributed by atoms with Crippen molar-refractivity contribution in [3.63, 3.8) is 0 Å². The van der Waals surface area contributed by atoms with Crippen LogP contribution in [-0.4, -0.2) is 4.92 Å². The summed E-state index contributed by atoms with van der Waals surface area (Å²) >= 11 is 0. The van der Waals surface area contributed by atoms with Gasteiger partial charge in [-0.1, -0.05) is 72.8 Å². The van der Waals surface area contributed by atoms with Crippen LogP contribution in [0.3, 0.4) is 0 Å². The highest BCUT2D eigenvalue weighted by molar-refractivity contribution is 5.69. The van der Waals surface area contributed by atoms with Crippen LogP contribution in [0.15, 0.2) is 78.4 Å². The zero-order valence-electron chi connectivity index (χ0n) is 15.5. The Morgan fingerprint density at radius 2 is 1.75 bits per heavy atom. The summed E-state index contributed by atoms with van der Waals surface area (Å²) in [4.78, 5) is 11.3. The second-order valence-corrected chi connectivity index (χ2v) is 7.50. The van der Waals surface area contributed by atoms with E-state index < -0.39 is 5.60 Å². The van der Waals surface area contributed by atoms with Crippen LogP contribution in [0.5, 0.6) is 5.75 Å². The molecule has 1 heterocycles. The number of nitrogens with zero attached hydrogens (tertiary/aromatic N) is 1. The number of hydrogen-bond acceptors (Lipinski definition) is 3. The molecule has 28 heavy (non-hydrogen) atoms. The standard InChI is InChI=1S/C24H19NO3/c1-16-12-20-21-15-19(14-17-8-4-2-5-9-17)24(21,18-10-6-3-7-11-18)28-23(20)22(13-16)25(26)27/h2-14,21H,15H2,1H3/t21-,24-/m1/s1. The van der Waals surface area contributed by atoms with Crippen molar-refractivity contribution in [3.05, 3.63) is 111 Å². The summed E-state index contributed by atoms with van der Waals surface area (Å²) in [7, 11) is 0. The number of rotatable bonds is 3. The molecule has 1 saturated carbocycles. The summed E-state index contributed by atoms with van der Waals surface area (Å²) in [6.07, 6.45) is 2.99. The van der Waals surface area contributed by atoms with Gasteiger partial charge in [0.2, 0.25) is 5.75 Å². The van der Waals surface area contributed by atoms with Crippen molar-refractivity contribution in [3.8, 4) is 5.75 Å². The maximum Gasteiger partial charge on any atom is 0.311 e. The lowest BCUT2D eigenvalue weighted by Gasteiger charge is -2.46. The lowest BCUT2D eigenvalue weighted by Crippen LogP contribution is -2.46. The van der Waals surface area contributed by atoms with Crippen LogP contribution in [0.2, 0.25) is 0 Å². The van der Waals surface area contributed by atoms with Crippen LogP contribution in [0, 0.1) is 17.0 Å². The van der Waals surface area contributed by atoms with Crippen LogP contribution < -0.4 is 4.74 Å². The molecule has 0 spiro atoms. The predicted molar refractivity (Wildman–Crippen MR) is 108 cm³/mol. The van der Waals surface area contributed by atoms with Crippen molar-refractivity contribution in [1.29, 1.82) is 0 Å². The molecule has 2 atom stereocenters. The van der Waals surface area contributed by atoms with E-state index in [9.17, 15) is 10.1 Å². The van der Waals surface area contributed by atoms with E-state index in [0.29, 0.717) is 5.75 Å². The van der Waals surface area contributed by atoms with Crippen molar-refractivity contribution in [2.24, 2.45) is 0 Å². The molecular weight excluding hydrogens is 350 g/mol. The third-order valence-electron chi connectivity index (χ3n) is 5.81. The third kappa shape index (κ3) is 2.31. The quantitative estimate of drug-likeness (QED) is 0.435. The van der Waals surface area contributed by atoms with Crippen molar-refractivity contribution >= 4 is 11.8 Å². The summed E-state index contributed by atoms with van der Waals surface area (Å²) in [5.41, 5.74) is 4.52. The number of aryl methyl sites for hydroxylation is 1. The largest absolute Gasteiger partial charge is 0.470 e. The summed E-state index contributed by atoms with van der Waals surface area (Å²) in [5.74, 6) is 0.499. The van der Waals surface area contributed by atoms with Gasteiger partial charge in [-0.2, -0.15) is 0 Å². The van der Waals surface area contributed by atoms with E-state index in [-0.39, 0.29) is 16.5 Å². The van der Waals surface area contributed by atoms with Gasteiger partial charge in [0.05, 0.1) is 4.92 Å². The van der Waals surface area contributed by atoms with Crippen molar-refractivity contribution < 1.29 is 9.66 Å².